The van der Waals surface area contributed by atoms with Gasteiger partial charge in [0, 0.05) is 10.8 Å². The van der Waals surface area contributed by atoms with E-state index in [1.165, 1.54) is 9.60 Å². The zero-order chi connectivity index (χ0) is 14.9. The lowest BCUT2D eigenvalue weighted by Crippen LogP contribution is -1.86. The highest BCUT2D eigenvalue weighted by Crippen LogP contribution is 2.32. The standard InChI is InChI=1S/C16H13N3S3/c1-10-17-14(9-21-10)13-8-11-4-2-5-12(16(11)18-13)19-22-15-6-3-7-20-15/h2-9,18-19H,1H3. The maximum Gasteiger partial charge on any atom is 0.0977 e. The first-order valence-corrected chi connectivity index (χ1v) is 9.38. The van der Waals surface area contributed by atoms with E-state index in [0.29, 0.717) is 0 Å². The van der Waals surface area contributed by atoms with Crippen LogP contribution in [-0.4, -0.2) is 9.97 Å². The molecule has 1 aromatic carbocycles. The molecule has 0 unspecified atom stereocenters. The highest BCUT2D eigenvalue weighted by Gasteiger charge is 2.09. The number of rotatable bonds is 4. The van der Waals surface area contributed by atoms with Gasteiger partial charge in [-0.3, -0.25) is 0 Å². The minimum absolute atomic E-state index is 1.01. The third-order valence-corrected chi connectivity index (χ3v) is 5.94. The Labute approximate surface area is 140 Å². The number of thiophene rings is 1. The summed E-state index contributed by atoms with van der Waals surface area (Å²) >= 11 is 5.05. The molecule has 0 radical (unpaired) electrons. The molecular weight excluding hydrogens is 330 g/mol. The van der Waals surface area contributed by atoms with Gasteiger partial charge < -0.3 is 9.71 Å². The molecule has 22 heavy (non-hydrogen) atoms. The maximum absolute atomic E-state index is 4.56. The average molecular weight is 344 g/mol. The summed E-state index contributed by atoms with van der Waals surface area (Å²) in [6.07, 6.45) is 0. The Morgan fingerprint density at radius 1 is 1.18 bits per heavy atom. The van der Waals surface area contributed by atoms with Crippen LogP contribution in [0.5, 0.6) is 0 Å². The molecule has 4 rings (SSSR count). The summed E-state index contributed by atoms with van der Waals surface area (Å²) in [6.45, 7) is 2.03. The van der Waals surface area contributed by atoms with Gasteiger partial charge in [0.1, 0.15) is 0 Å². The molecule has 0 aliphatic rings. The number of benzene rings is 1. The molecule has 3 nitrogen and oxygen atoms in total. The number of fused-ring (bicyclic) bond motifs is 1. The fourth-order valence-corrected chi connectivity index (χ4v) is 4.37. The lowest BCUT2D eigenvalue weighted by atomic mass is 10.2. The van der Waals surface area contributed by atoms with E-state index in [2.05, 4.69) is 61.8 Å². The van der Waals surface area contributed by atoms with E-state index in [9.17, 15) is 0 Å². The molecule has 0 fully saturated rings. The monoisotopic (exact) mass is 343 g/mol. The molecule has 3 heterocycles. The molecule has 0 atom stereocenters. The quantitative estimate of drug-likeness (QED) is 0.461. The van der Waals surface area contributed by atoms with Gasteiger partial charge in [0.15, 0.2) is 0 Å². The fraction of sp³-hybridized carbons (Fsp3) is 0.0625. The summed E-state index contributed by atoms with van der Waals surface area (Å²) in [5, 5.41) is 6.45. The molecule has 0 aliphatic carbocycles. The summed E-state index contributed by atoms with van der Waals surface area (Å²) in [5.74, 6) is 0. The maximum atomic E-state index is 4.56. The molecule has 0 amide bonds. The predicted octanol–water partition coefficient (Wildman–Crippen LogP) is 5.78. The van der Waals surface area contributed by atoms with Crippen molar-refractivity contribution in [1.29, 1.82) is 0 Å². The van der Waals surface area contributed by atoms with Crippen molar-refractivity contribution in [2.75, 3.05) is 4.72 Å². The third-order valence-electron chi connectivity index (χ3n) is 3.31. The van der Waals surface area contributed by atoms with Crippen molar-refractivity contribution in [3.05, 3.63) is 52.2 Å². The SMILES string of the molecule is Cc1nc(-c2cc3cccc(NSc4cccs4)c3[nH]2)cs1. The van der Waals surface area contributed by atoms with E-state index in [1.807, 2.05) is 6.92 Å². The van der Waals surface area contributed by atoms with Crippen molar-refractivity contribution >= 4 is 51.2 Å². The first-order valence-electron chi connectivity index (χ1n) is 6.80. The van der Waals surface area contributed by atoms with E-state index < -0.39 is 0 Å². The van der Waals surface area contributed by atoms with Crippen molar-refractivity contribution in [3.63, 3.8) is 0 Å². The average Bonchev–Trinajstić information content (AvgIpc) is 3.24. The normalized spacial score (nSPS) is 11.1. The molecule has 0 saturated heterocycles. The van der Waals surface area contributed by atoms with Crippen LogP contribution in [0.3, 0.4) is 0 Å². The number of nitrogens with one attached hydrogen (secondary N) is 2. The minimum Gasteiger partial charge on any atom is -0.352 e. The van der Waals surface area contributed by atoms with Crippen LogP contribution >= 0.6 is 34.6 Å². The number of nitrogens with zero attached hydrogens (tertiary/aromatic N) is 1. The summed E-state index contributed by atoms with van der Waals surface area (Å²) < 4.78 is 4.69. The van der Waals surface area contributed by atoms with E-state index >= 15 is 0 Å². The Kier molecular flexibility index (Phi) is 3.65. The van der Waals surface area contributed by atoms with Gasteiger partial charge in [0.05, 0.1) is 31.8 Å². The van der Waals surface area contributed by atoms with E-state index in [1.54, 1.807) is 34.6 Å². The van der Waals surface area contributed by atoms with Crippen LogP contribution in [0.15, 0.2) is 51.4 Å². The topological polar surface area (TPSA) is 40.7 Å². The van der Waals surface area contributed by atoms with Crippen molar-refractivity contribution in [2.45, 2.75) is 11.1 Å². The molecule has 0 aliphatic heterocycles. The number of hydrogen-bond donors (Lipinski definition) is 2. The van der Waals surface area contributed by atoms with E-state index in [-0.39, 0.29) is 0 Å². The molecule has 0 saturated carbocycles. The Balaban J connectivity index is 1.68. The van der Waals surface area contributed by atoms with Gasteiger partial charge in [-0.2, -0.15) is 0 Å². The summed E-state index contributed by atoms with van der Waals surface area (Å²) in [5.41, 5.74) is 4.28. The van der Waals surface area contributed by atoms with Crippen LogP contribution in [0.2, 0.25) is 0 Å². The predicted molar refractivity (Wildman–Crippen MR) is 97.9 cm³/mol. The number of aromatic nitrogens is 2. The van der Waals surface area contributed by atoms with Crippen LogP contribution in [0.1, 0.15) is 5.01 Å². The van der Waals surface area contributed by atoms with Gasteiger partial charge in [-0.25, -0.2) is 4.98 Å². The second kappa shape index (κ2) is 5.79. The van der Waals surface area contributed by atoms with Crippen molar-refractivity contribution in [1.82, 2.24) is 9.97 Å². The van der Waals surface area contributed by atoms with Gasteiger partial charge in [-0.1, -0.05) is 18.2 Å². The largest absolute Gasteiger partial charge is 0.352 e. The molecule has 6 heteroatoms. The first-order chi connectivity index (χ1) is 10.8. The lowest BCUT2D eigenvalue weighted by molar-refractivity contribution is 1.28. The smallest absolute Gasteiger partial charge is 0.0977 e. The number of hydrogen-bond acceptors (Lipinski definition) is 5. The second-order valence-electron chi connectivity index (χ2n) is 4.84. The number of aromatic amines is 1. The van der Waals surface area contributed by atoms with Crippen LogP contribution in [0.25, 0.3) is 22.3 Å². The van der Waals surface area contributed by atoms with Gasteiger partial charge >= 0.3 is 0 Å². The Bertz CT molecular complexity index is 906. The Hall–Kier alpha value is -1.76. The number of H-pyrrole nitrogens is 1. The fourth-order valence-electron chi connectivity index (χ4n) is 2.29. The molecule has 4 aromatic rings. The number of aryl methyl sites for hydroxylation is 1. The number of thiazole rings is 1. The zero-order valence-corrected chi connectivity index (χ0v) is 14.2. The highest BCUT2D eigenvalue weighted by atomic mass is 32.2. The molecule has 0 bridgehead atoms. The minimum atomic E-state index is 1.01. The van der Waals surface area contributed by atoms with E-state index in [0.717, 1.165) is 27.6 Å². The van der Waals surface area contributed by atoms with Gasteiger partial charge in [-0.15, -0.1) is 22.7 Å². The molecule has 0 spiro atoms. The number of para-hydroxylation sites is 1. The summed E-state index contributed by atoms with van der Waals surface area (Å²) in [6, 6.07) is 12.6. The molecule has 3 aromatic heterocycles. The summed E-state index contributed by atoms with van der Waals surface area (Å²) in [7, 11) is 0. The molecule has 110 valence electrons. The summed E-state index contributed by atoms with van der Waals surface area (Å²) in [4.78, 5) is 8.05. The van der Waals surface area contributed by atoms with Crippen molar-refractivity contribution < 1.29 is 0 Å². The Morgan fingerprint density at radius 2 is 2.14 bits per heavy atom. The zero-order valence-electron chi connectivity index (χ0n) is 11.8. The van der Waals surface area contributed by atoms with Crippen molar-refractivity contribution in [2.24, 2.45) is 0 Å². The molecule has 2 N–H and O–H groups in total. The number of anilines is 1. The van der Waals surface area contributed by atoms with Crippen LogP contribution in [0.4, 0.5) is 5.69 Å². The van der Waals surface area contributed by atoms with Gasteiger partial charge in [0.25, 0.3) is 0 Å². The highest BCUT2D eigenvalue weighted by molar-refractivity contribution is 8.02. The van der Waals surface area contributed by atoms with Crippen LogP contribution in [0, 0.1) is 6.92 Å². The lowest BCUT2D eigenvalue weighted by Gasteiger charge is -2.05. The Morgan fingerprint density at radius 3 is 2.91 bits per heavy atom. The van der Waals surface area contributed by atoms with Crippen LogP contribution < -0.4 is 4.72 Å². The van der Waals surface area contributed by atoms with Gasteiger partial charge in [0.2, 0.25) is 0 Å². The second-order valence-corrected chi connectivity index (χ2v) is 7.96. The van der Waals surface area contributed by atoms with Gasteiger partial charge in [-0.05, 0) is 42.5 Å². The third kappa shape index (κ3) is 2.65. The van der Waals surface area contributed by atoms with Crippen molar-refractivity contribution in [3.8, 4) is 11.4 Å². The van der Waals surface area contributed by atoms with E-state index in [4.69, 9.17) is 0 Å². The molecular formula is C16H13N3S3. The van der Waals surface area contributed by atoms with Crippen LogP contribution in [-0.2, 0) is 0 Å². The first kappa shape index (κ1) is 13.9.